The zero-order valence-corrected chi connectivity index (χ0v) is 18.4. The largest absolute Gasteiger partial charge is 1.00 e. The fraction of sp³-hybridized carbons (Fsp3) is 0.391. The minimum absolute atomic E-state index is 0. The quantitative estimate of drug-likeness (QED) is 0.431. The summed E-state index contributed by atoms with van der Waals surface area (Å²) in [6.45, 7) is 4.54. The number of rotatable bonds is 2. The average molecular weight is 457 g/mol. The van der Waals surface area contributed by atoms with Gasteiger partial charge in [0, 0.05) is 33.0 Å². The molecule has 1 aromatic heterocycles. The Kier molecular flexibility index (Phi) is 5.83. The van der Waals surface area contributed by atoms with Gasteiger partial charge in [-0.3, -0.25) is 14.3 Å². The van der Waals surface area contributed by atoms with Crippen molar-refractivity contribution in [3.63, 3.8) is 0 Å². The second kappa shape index (κ2) is 8.34. The summed E-state index contributed by atoms with van der Waals surface area (Å²) in [6, 6.07) is 14.4. The monoisotopic (exact) mass is 456 g/mol. The van der Waals surface area contributed by atoms with Gasteiger partial charge in [0.1, 0.15) is 6.54 Å². The van der Waals surface area contributed by atoms with E-state index in [1.807, 2.05) is 24.3 Å². The summed E-state index contributed by atoms with van der Waals surface area (Å²) in [5, 5.41) is 1.69. The van der Waals surface area contributed by atoms with Crippen LogP contribution in [0, 0.1) is 0 Å². The molecule has 3 heterocycles. The average Bonchev–Trinajstić information content (AvgIpc) is 2.94. The number of benzene rings is 2. The smallest absolute Gasteiger partial charge is 0.247 e. The van der Waals surface area contributed by atoms with Crippen LogP contribution in [-0.4, -0.2) is 34.9 Å². The van der Waals surface area contributed by atoms with E-state index in [0.29, 0.717) is 0 Å². The number of fused-ring (bicyclic) bond motifs is 2. The number of hydrogen-bond acceptors (Lipinski definition) is 3. The highest BCUT2D eigenvalue weighted by Gasteiger charge is 2.28. The maximum atomic E-state index is 12.8. The van der Waals surface area contributed by atoms with Crippen LogP contribution >= 0.6 is 11.3 Å². The van der Waals surface area contributed by atoms with Crippen LogP contribution in [0.4, 0.5) is 0 Å². The van der Waals surface area contributed by atoms with Crippen LogP contribution in [0.5, 0.6) is 0 Å². The molecule has 0 amide bonds. The van der Waals surface area contributed by atoms with Gasteiger partial charge >= 0.3 is 0 Å². The summed E-state index contributed by atoms with van der Waals surface area (Å²) in [6.07, 6.45) is 6.45. The van der Waals surface area contributed by atoms with Gasteiger partial charge in [-0.25, -0.2) is 0 Å². The van der Waals surface area contributed by atoms with E-state index in [1.54, 1.807) is 17.2 Å². The van der Waals surface area contributed by atoms with Gasteiger partial charge < -0.3 is 17.0 Å². The van der Waals surface area contributed by atoms with Crippen molar-refractivity contribution in [1.82, 2.24) is 4.90 Å². The summed E-state index contributed by atoms with van der Waals surface area (Å²) < 4.78 is 4.80. The Labute approximate surface area is 180 Å². The molecule has 2 aliphatic rings. The normalized spacial score (nSPS) is 17.4. The molecule has 2 aliphatic heterocycles. The van der Waals surface area contributed by atoms with Gasteiger partial charge in [-0.15, -0.1) is 11.3 Å². The van der Waals surface area contributed by atoms with E-state index in [1.165, 1.54) is 50.8 Å². The molecule has 28 heavy (non-hydrogen) atoms. The molecule has 0 bridgehead atoms. The molecule has 5 heteroatoms. The topological polar surface area (TPSA) is 23.3 Å². The molecule has 3 nitrogen and oxygen atoms in total. The van der Waals surface area contributed by atoms with Gasteiger partial charge in [-0.1, -0.05) is 18.2 Å². The number of halogens is 1. The first-order valence-electron chi connectivity index (χ1n) is 10.1. The molecular formula is C23H25BrN2OS. The molecule has 0 spiro atoms. The lowest BCUT2D eigenvalue weighted by atomic mass is 10.1. The summed E-state index contributed by atoms with van der Waals surface area (Å²) in [7, 11) is 0. The maximum Gasteiger partial charge on any atom is 0.247 e. The fourth-order valence-electron chi connectivity index (χ4n) is 4.56. The van der Waals surface area contributed by atoms with Gasteiger partial charge in [0.05, 0.1) is 19.6 Å². The molecule has 3 aromatic rings. The van der Waals surface area contributed by atoms with Crippen LogP contribution in [0.1, 0.15) is 37.7 Å². The molecular weight excluding hydrogens is 432 g/mol. The third kappa shape index (κ3) is 3.62. The van der Waals surface area contributed by atoms with Crippen molar-refractivity contribution in [3.8, 4) is 0 Å². The van der Waals surface area contributed by atoms with E-state index >= 15 is 0 Å². The Morgan fingerprint density at radius 1 is 0.929 bits per heavy atom. The predicted octanol–water partition coefficient (Wildman–Crippen LogP) is 1.61. The lowest BCUT2D eigenvalue weighted by Gasteiger charge is -2.26. The molecule has 0 atom stereocenters. The zero-order valence-electron chi connectivity index (χ0n) is 16.0. The third-order valence-electron chi connectivity index (χ3n) is 5.93. The molecule has 146 valence electrons. The predicted molar refractivity (Wildman–Crippen MR) is 114 cm³/mol. The molecule has 0 radical (unpaired) electrons. The van der Waals surface area contributed by atoms with Crippen molar-refractivity contribution in [3.05, 3.63) is 58.3 Å². The molecule has 0 N–H and O–H groups in total. The van der Waals surface area contributed by atoms with Crippen LogP contribution < -0.4 is 22.4 Å². The van der Waals surface area contributed by atoms with Crippen LogP contribution in [0.3, 0.4) is 0 Å². The Balaban J connectivity index is 0.00000192. The number of hydrogen-bond donors (Lipinski definition) is 0. The lowest BCUT2D eigenvalue weighted by molar-refractivity contribution is -0.539. The molecule has 2 aromatic carbocycles. The van der Waals surface area contributed by atoms with Gasteiger partial charge in [0.25, 0.3) is 0 Å². The van der Waals surface area contributed by atoms with Crippen LogP contribution in [-0.2, 0) is 6.54 Å². The van der Waals surface area contributed by atoms with E-state index < -0.39 is 0 Å². The van der Waals surface area contributed by atoms with Crippen molar-refractivity contribution in [1.29, 1.82) is 0 Å². The zero-order chi connectivity index (χ0) is 18.2. The van der Waals surface area contributed by atoms with E-state index in [2.05, 4.69) is 27.7 Å². The highest BCUT2D eigenvalue weighted by molar-refractivity contribution is 7.24. The summed E-state index contributed by atoms with van der Waals surface area (Å²) in [4.78, 5) is 15.4. The molecule has 0 saturated heterocycles. The Morgan fingerprint density at radius 3 is 2.68 bits per heavy atom. The minimum atomic E-state index is 0. The van der Waals surface area contributed by atoms with Crippen LogP contribution in [0.25, 0.3) is 20.2 Å². The molecule has 0 aliphatic carbocycles. The van der Waals surface area contributed by atoms with Crippen LogP contribution in [0.15, 0.2) is 47.3 Å². The fourth-order valence-corrected chi connectivity index (χ4v) is 5.70. The van der Waals surface area contributed by atoms with E-state index in [-0.39, 0.29) is 22.4 Å². The Morgan fingerprint density at radius 2 is 1.75 bits per heavy atom. The molecule has 0 saturated carbocycles. The van der Waals surface area contributed by atoms with Gasteiger partial charge in [-0.2, -0.15) is 0 Å². The standard InChI is InChI=1S/C23H25N2OS.BrH/c26-23-18-7-3-4-8-20(18)27-21-15-17(10-11-19(21)23)16-25-14-6-13-24-12-5-1-2-9-22(24)25;/h3-4,7-8,10-11,15H,1-2,5-6,9,12-14,16H2;1H/q+1;/p-1. The van der Waals surface area contributed by atoms with Crippen molar-refractivity contribution in [2.24, 2.45) is 0 Å². The summed E-state index contributed by atoms with van der Waals surface area (Å²) in [5.41, 5.74) is 1.47. The Bertz CT molecular complexity index is 1100. The number of nitrogens with zero attached hydrogens (tertiary/aromatic N) is 2. The van der Waals surface area contributed by atoms with Gasteiger partial charge in [0.15, 0.2) is 5.43 Å². The Hall–Kier alpha value is -1.72. The van der Waals surface area contributed by atoms with E-state index in [4.69, 9.17) is 0 Å². The SMILES string of the molecule is O=c1c2ccccc2sc2cc(CN3CCC[N+]4=C3CCCCC4)ccc12.[Br-]. The minimum Gasteiger partial charge on any atom is -1.00 e. The summed E-state index contributed by atoms with van der Waals surface area (Å²) in [5.74, 6) is 1.55. The highest BCUT2D eigenvalue weighted by atomic mass is 79.9. The van der Waals surface area contributed by atoms with Crippen molar-refractivity contribution in [2.75, 3.05) is 19.6 Å². The first-order valence-corrected chi connectivity index (χ1v) is 10.9. The van der Waals surface area contributed by atoms with Crippen molar-refractivity contribution >= 4 is 37.3 Å². The number of amidine groups is 1. The highest BCUT2D eigenvalue weighted by Crippen LogP contribution is 2.26. The van der Waals surface area contributed by atoms with Crippen molar-refractivity contribution < 1.29 is 21.6 Å². The molecule has 0 unspecified atom stereocenters. The van der Waals surface area contributed by atoms with Crippen molar-refractivity contribution in [2.45, 2.75) is 38.6 Å². The van der Waals surface area contributed by atoms with Gasteiger partial charge in [0.2, 0.25) is 5.84 Å². The second-order valence-electron chi connectivity index (χ2n) is 7.75. The first kappa shape index (κ1) is 19.6. The van der Waals surface area contributed by atoms with Gasteiger partial charge in [-0.05, 0) is 49.1 Å². The first-order chi connectivity index (χ1) is 13.3. The maximum absolute atomic E-state index is 12.8. The lowest BCUT2D eigenvalue weighted by Crippen LogP contribution is -3.00. The molecule has 0 fully saturated rings. The third-order valence-corrected chi connectivity index (χ3v) is 7.06. The molecule has 5 rings (SSSR count). The van der Waals surface area contributed by atoms with E-state index in [9.17, 15) is 4.79 Å². The second-order valence-corrected chi connectivity index (χ2v) is 8.83. The van der Waals surface area contributed by atoms with E-state index in [0.717, 1.165) is 33.3 Å². The van der Waals surface area contributed by atoms with Crippen LogP contribution in [0.2, 0.25) is 0 Å². The summed E-state index contributed by atoms with van der Waals surface area (Å²) >= 11 is 1.73.